The molecule has 3 rings (SSSR count). The number of aromatic amines is 1. The third-order valence-electron chi connectivity index (χ3n) is 5.33. The van der Waals surface area contributed by atoms with Gasteiger partial charge in [-0.05, 0) is 58.1 Å². The Kier molecular flexibility index (Phi) is 6.01. The van der Waals surface area contributed by atoms with Crippen LogP contribution in [0.5, 0.6) is 0 Å². The fraction of sp³-hybridized carbons (Fsp3) is 0.650. The lowest BCUT2D eigenvalue weighted by Gasteiger charge is -2.26. The molecule has 7 heteroatoms. The maximum Gasteiger partial charge on any atom is 0.259 e. The molecule has 0 aliphatic heterocycles. The van der Waals surface area contributed by atoms with Crippen molar-refractivity contribution in [1.82, 2.24) is 20.2 Å². The van der Waals surface area contributed by atoms with Gasteiger partial charge < -0.3 is 10.3 Å². The smallest absolute Gasteiger partial charge is 0.259 e. The quantitative estimate of drug-likeness (QED) is 0.795. The van der Waals surface area contributed by atoms with Crippen molar-refractivity contribution in [3.63, 3.8) is 0 Å². The maximum atomic E-state index is 12.8. The number of nitrogens with zero attached hydrogens (tertiary/aromatic N) is 2. The van der Waals surface area contributed by atoms with Gasteiger partial charge in [0.1, 0.15) is 10.7 Å². The molecule has 0 saturated carbocycles. The van der Waals surface area contributed by atoms with Gasteiger partial charge in [-0.15, -0.1) is 11.3 Å². The minimum atomic E-state index is -0.136. The number of carbonyl (C=O) groups excluding carboxylic acids is 1. The molecule has 0 radical (unpaired) electrons. The van der Waals surface area contributed by atoms with Crippen LogP contribution in [-0.2, 0) is 17.6 Å². The van der Waals surface area contributed by atoms with Crippen molar-refractivity contribution in [3.8, 4) is 0 Å². The standard InChI is InChI=1S/C20H30N4O2S/c1-6-24(10-16(25)21-11(2)3)13(5)18-22-19(26)17-14-8-7-12(4)9-15(14)27-20(17)23-18/h11-13H,6-10H2,1-5H3,(H,21,25)(H,22,23,26). The molecule has 2 aromatic heterocycles. The van der Waals surface area contributed by atoms with E-state index in [-0.39, 0.29) is 30.1 Å². The molecule has 0 spiro atoms. The first-order valence-corrected chi connectivity index (χ1v) is 10.7. The predicted molar refractivity (Wildman–Crippen MR) is 110 cm³/mol. The minimum Gasteiger partial charge on any atom is -0.353 e. The summed E-state index contributed by atoms with van der Waals surface area (Å²) in [5, 5.41) is 3.70. The second-order valence-electron chi connectivity index (χ2n) is 7.94. The van der Waals surface area contributed by atoms with Crippen LogP contribution in [0.2, 0.25) is 0 Å². The molecule has 0 aromatic carbocycles. The van der Waals surface area contributed by atoms with Crippen molar-refractivity contribution in [3.05, 3.63) is 26.6 Å². The van der Waals surface area contributed by atoms with Gasteiger partial charge in [0.05, 0.1) is 18.0 Å². The summed E-state index contributed by atoms with van der Waals surface area (Å²) in [7, 11) is 0. The molecular formula is C20H30N4O2S. The van der Waals surface area contributed by atoms with Gasteiger partial charge in [0.2, 0.25) is 5.91 Å². The average Bonchev–Trinajstić information content (AvgIpc) is 2.96. The Morgan fingerprint density at radius 1 is 1.41 bits per heavy atom. The summed E-state index contributed by atoms with van der Waals surface area (Å²) in [4.78, 5) is 36.9. The summed E-state index contributed by atoms with van der Waals surface area (Å²) in [6, 6.07) is -0.0244. The van der Waals surface area contributed by atoms with Crippen molar-refractivity contribution >= 4 is 27.5 Å². The van der Waals surface area contributed by atoms with Crippen LogP contribution in [0.4, 0.5) is 0 Å². The van der Waals surface area contributed by atoms with Gasteiger partial charge in [0.25, 0.3) is 5.56 Å². The van der Waals surface area contributed by atoms with E-state index in [1.165, 1.54) is 10.4 Å². The third-order valence-corrected chi connectivity index (χ3v) is 6.48. The summed E-state index contributed by atoms with van der Waals surface area (Å²) in [5.41, 5.74) is 1.15. The molecule has 6 nitrogen and oxygen atoms in total. The van der Waals surface area contributed by atoms with E-state index >= 15 is 0 Å². The van der Waals surface area contributed by atoms with Gasteiger partial charge in [0.15, 0.2) is 0 Å². The summed E-state index contributed by atoms with van der Waals surface area (Å²) in [6.07, 6.45) is 3.13. The van der Waals surface area contributed by atoms with Gasteiger partial charge in [-0.25, -0.2) is 4.98 Å². The van der Waals surface area contributed by atoms with Crippen molar-refractivity contribution in [2.45, 2.75) is 66.0 Å². The number of hydrogen-bond acceptors (Lipinski definition) is 5. The Balaban J connectivity index is 1.89. The van der Waals surface area contributed by atoms with Gasteiger partial charge in [-0.1, -0.05) is 13.8 Å². The molecule has 27 heavy (non-hydrogen) atoms. The normalized spacial score (nSPS) is 18.1. The number of nitrogens with one attached hydrogen (secondary N) is 2. The summed E-state index contributed by atoms with van der Waals surface area (Å²) in [5.74, 6) is 1.29. The van der Waals surface area contributed by atoms with Crippen LogP contribution in [-0.4, -0.2) is 39.9 Å². The van der Waals surface area contributed by atoms with Crippen molar-refractivity contribution in [1.29, 1.82) is 0 Å². The molecule has 2 atom stereocenters. The summed E-state index contributed by atoms with van der Waals surface area (Å²) in [6.45, 7) is 11.2. The van der Waals surface area contributed by atoms with Crippen LogP contribution >= 0.6 is 11.3 Å². The highest BCUT2D eigenvalue weighted by atomic mass is 32.1. The number of H-pyrrole nitrogens is 1. The second kappa shape index (κ2) is 8.10. The van der Waals surface area contributed by atoms with Crippen molar-refractivity contribution in [2.24, 2.45) is 5.92 Å². The zero-order valence-corrected chi connectivity index (χ0v) is 17.7. The van der Waals surface area contributed by atoms with Gasteiger partial charge in [-0.2, -0.15) is 0 Å². The zero-order valence-electron chi connectivity index (χ0n) is 16.9. The molecule has 1 amide bonds. The molecule has 2 N–H and O–H groups in total. The van der Waals surface area contributed by atoms with E-state index in [1.54, 1.807) is 11.3 Å². The Morgan fingerprint density at radius 2 is 2.15 bits per heavy atom. The summed E-state index contributed by atoms with van der Waals surface area (Å²) < 4.78 is 0. The SMILES string of the molecule is CCN(CC(=O)NC(C)C)C(C)c1nc2sc3c(c2c(=O)[nH]1)CCC(C)C3. The van der Waals surface area contributed by atoms with Crippen LogP contribution in [0.3, 0.4) is 0 Å². The molecule has 2 unspecified atom stereocenters. The van der Waals surface area contributed by atoms with E-state index in [0.29, 0.717) is 18.3 Å². The Morgan fingerprint density at radius 3 is 2.81 bits per heavy atom. The average molecular weight is 391 g/mol. The van der Waals surface area contributed by atoms with E-state index < -0.39 is 0 Å². The molecule has 0 saturated heterocycles. The number of likely N-dealkylation sites (N-methyl/N-ethyl adjacent to an activating group) is 1. The number of thiophene rings is 1. The van der Waals surface area contributed by atoms with Crippen LogP contribution in [0.15, 0.2) is 4.79 Å². The minimum absolute atomic E-state index is 0.0114. The molecule has 2 heterocycles. The van der Waals surface area contributed by atoms with Crippen LogP contribution in [0.1, 0.15) is 63.3 Å². The fourth-order valence-corrected chi connectivity index (χ4v) is 5.20. The number of rotatable bonds is 6. The van der Waals surface area contributed by atoms with Gasteiger partial charge >= 0.3 is 0 Å². The van der Waals surface area contributed by atoms with Crippen molar-refractivity contribution < 1.29 is 4.79 Å². The first kappa shape index (κ1) is 20.0. The summed E-state index contributed by atoms with van der Waals surface area (Å²) >= 11 is 1.66. The van der Waals surface area contributed by atoms with E-state index in [2.05, 4.69) is 17.2 Å². The van der Waals surface area contributed by atoms with Crippen molar-refractivity contribution in [2.75, 3.05) is 13.1 Å². The molecule has 0 fully saturated rings. The Bertz CT molecular complexity index is 886. The number of fused-ring (bicyclic) bond motifs is 3. The first-order chi connectivity index (χ1) is 12.8. The zero-order chi connectivity index (χ0) is 19.7. The number of amides is 1. The second-order valence-corrected chi connectivity index (χ2v) is 9.03. The molecular weight excluding hydrogens is 360 g/mol. The van der Waals surface area contributed by atoms with E-state index in [9.17, 15) is 9.59 Å². The number of hydrogen-bond donors (Lipinski definition) is 2. The fourth-order valence-electron chi connectivity index (χ4n) is 3.81. The molecule has 148 valence electrons. The molecule has 1 aliphatic carbocycles. The number of aryl methyl sites for hydroxylation is 1. The van der Waals surface area contributed by atoms with Crippen LogP contribution in [0, 0.1) is 5.92 Å². The lowest BCUT2D eigenvalue weighted by Crippen LogP contribution is -2.41. The Labute approximate surface area is 164 Å². The van der Waals surface area contributed by atoms with Crippen LogP contribution < -0.4 is 10.9 Å². The van der Waals surface area contributed by atoms with E-state index in [4.69, 9.17) is 4.98 Å². The topological polar surface area (TPSA) is 78.1 Å². The lowest BCUT2D eigenvalue weighted by molar-refractivity contribution is -0.123. The highest BCUT2D eigenvalue weighted by molar-refractivity contribution is 7.18. The number of aromatic nitrogens is 2. The first-order valence-electron chi connectivity index (χ1n) is 9.88. The highest BCUT2D eigenvalue weighted by Gasteiger charge is 2.25. The van der Waals surface area contributed by atoms with E-state index in [0.717, 1.165) is 29.5 Å². The third kappa shape index (κ3) is 4.24. The van der Waals surface area contributed by atoms with Crippen LogP contribution in [0.25, 0.3) is 10.2 Å². The van der Waals surface area contributed by atoms with E-state index in [1.807, 2.05) is 32.6 Å². The highest BCUT2D eigenvalue weighted by Crippen LogP contribution is 2.36. The lowest BCUT2D eigenvalue weighted by atomic mass is 9.89. The predicted octanol–water partition coefficient (Wildman–Crippen LogP) is 3.02. The van der Waals surface area contributed by atoms with Gasteiger partial charge in [0, 0.05) is 10.9 Å². The molecule has 1 aliphatic rings. The Hall–Kier alpha value is -1.73. The number of carbonyl (C=O) groups is 1. The molecule has 2 aromatic rings. The monoisotopic (exact) mass is 390 g/mol. The van der Waals surface area contributed by atoms with Gasteiger partial charge in [-0.3, -0.25) is 14.5 Å². The molecule has 0 bridgehead atoms. The largest absolute Gasteiger partial charge is 0.353 e. The maximum absolute atomic E-state index is 12.8.